The predicted octanol–water partition coefficient (Wildman–Crippen LogP) is -0.549. The van der Waals surface area contributed by atoms with Crippen LogP contribution in [0.2, 0.25) is 0 Å². The number of hydrogen-bond acceptors (Lipinski definition) is 8. The molecule has 0 bridgehead atoms. The number of aromatic hydroxyl groups is 1. The highest BCUT2D eigenvalue weighted by Crippen LogP contribution is 2.12. The minimum Gasteiger partial charge on any atom is -0.508 e. The van der Waals surface area contributed by atoms with Crippen LogP contribution >= 0.6 is 0 Å². The van der Waals surface area contributed by atoms with Crippen molar-refractivity contribution in [2.24, 2.45) is 17.4 Å². The van der Waals surface area contributed by atoms with Crippen LogP contribution in [0.1, 0.15) is 51.5 Å². The Labute approximate surface area is 221 Å². The zero-order valence-electron chi connectivity index (χ0n) is 21.7. The standard InChI is InChI=1S/C25H39N5O8/c1-3-14(2)21(25(37)38)30-24(36)19(13-20(32)33)29-23(35)18(6-4-5-11-26)28-22(34)17(27)12-15-7-9-16(31)10-8-15/h7-10,14,17-19,21,31H,3-6,11-13,26-27H2,1-2H3,(H,28,34)(H,29,35)(H,30,36)(H,32,33)(H,37,38). The predicted molar refractivity (Wildman–Crippen MR) is 138 cm³/mol. The molecule has 1 rings (SSSR count). The van der Waals surface area contributed by atoms with Crippen LogP contribution in [0, 0.1) is 5.92 Å². The number of phenolic OH excluding ortho intramolecular Hbond substituents is 1. The number of carboxylic acid groups (broad SMARTS) is 2. The van der Waals surface area contributed by atoms with Crippen molar-refractivity contribution < 1.29 is 39.3 Å². The number of nitrogens with one attached hydrogen (secondary N) is 3. The SMILES string of the molecule is CCC(C)C(NC(=O)C(CC(=O)O)NC(=O)C(CCCCN)NC(=O)C(N)Cc1ccc(O)cc1)C(=O)O. The van der Waals surface area contributed by atoms with E-state index < -0.39 is 66.2 Å². The molecule has 0 fully saturated rings. The van der Waals surface area contributed by atoms with E-state index in [1.54, 1.807) is 26.0 Å². The smallest absolute Gasteiger partial charge is 0.326 e. The summed E-state index contributed by atoms with van der Waals surface area (Å²) in [6.45, 7) is 3.71. The van der Waals surface area contributed by atoms with Gasteiger partial charge in [0.1, 0.15) is 23.9 Å². The summed E-state index contributed by atoms with van der Waals surface area (Å²) in [6, 6.07) is 1.08. The van der Waals surface area contributed by atoms with Gasteiger partial charge in [-0.1, -0.05) is 32.4 Å². The number of nitrogens with two attached hydrogens (primary N) is 2. The molecular formula is C25H39N5O8. The fourth-order valence-electron chi connectivity index (χ4n) is 3.61. The molecule has 5 atom stereocenters. The maximum Gasteiger partial charge on any atom is 0.326 e. The first-order chi connectivity index (χ1) is 17.9. The van der Waals surface area contributed by atoms with Crippen molar-refractivity contribution in [3.8, 4) is 5.75 Å². The molecule has 5 unspecified atom stereocenters. The maximum absolute atomic E-state index is 13.1. The van der Waals surface area contributed by atoms with Gasteiger partial charge in [0, 0.05) is 0 Å². The molecule has 0 spiro atoms. The van der Waals surface area contributed by atoms with Crippen molar-refractivity contribution >= 4 is 29.7 Å². The number of aliphatic carboxylic acids is 2. The van der Waals surface area contributed by atoms with E-state index in [1.165, 1.54) is 12.1 Å². The molecule has 0 aromatic heterocycles. The highest BCUT2D eigenvalue weighted by Gasteiger charge is 2.33. The number of benzene rings is 1. The number of carbonyl (C=O) groups excluding carboxylic acids is 3. The van der Waals surface area contributed by atoms with Gasteiger partial charge >= 0.3 is 11.9 Å². The Balaban J connectivity index is 3.00. The number of rotatable bonds is 17. The molecule has 212 valence electrons. The van der Waals surface area contributed by atoms with Gasteiger partial charge in [0.15, 0.2) is 0 Å². The third-order valence-electron chi connectivity index (χ3n) is 6.10. The highest BCUT2D eigenvalue weighted by atomic mass is 16.4. The molecule has 0 saturated heterocycles. The summed E-state index contributed by atoms with van der Waals surface area (Å²) in [7, 11) is 0. The lowest BCUT2D eigenvalue weighted by atomic mass is 9.98. The summed E-state index contributed by atoms with van der Waals surface area (Å²) in [6.07, 6.45) is 0.910. The van der Waals surface area contributed by atoms with Crippen LogP contribution < -0.4 is 27.4 Å². The van der Waals surface area contributed by atoms with E-state index >= 15 is 0 Å². The van der Waals surface area contributed by atoms with Crippen LogP contribution in [-0.2, 0) is 30.4 Å². The molecule has 1 aromatic carbocycles. The molecule has 3 amide bonds. The molecule has 0 aliphatic rings. The van der Waals surface area contributed by atoms with Crippen molar-refractivity contribution in [2.45, 2.75) is 76.5 Å². The van der Waals surface area contributed by atoms with Crippen molar-refractivity contribution in [1.82, 2.24) is 16.0 Å². The Morgan fingerprint density at radius 2 is 1.47 bits per heavy atom. The first kappa shape index (κ1) is 32.3. The molecule has 0 radical (unpaired) electrons. The summed E-state index contributed by atoms with van der Waals surface area (Å²) in [4.78, 5) is 61.6. The topological polar surface area (TPSA) is 234 Å². The number of hydrogen-bond donors (Lipinski definition) is 8. The number of carboxylic acids is 2. The van der Waals surface area contributed by atoms with Gasteiger partial charge < -0.3 is 42.7 Å². The Kier molecular flexibility index (Phi) is 13.8. The lowest BCUT2D eigenvalue weighted by Gasteiger charge is -2.26. The molecule has 0 saturated carbocycles. The second-order valence-electron chi connectivity index (χ2n) is 9.19. The van der Waals surface area contributed by atoms with E-state index in [-0.39, 0.29) is 18.6 Å². The summed E-state index contributed by atoms with van der Waals surface area (Å²) >= 11 is 0. The second kappa shape index (κ2) is 16.2. The van der Waals surface area contributed by atoms with Crippen molar-refractivity contribution in [3.05, 3.63) is 29.8 Å². The summed E-state index contributed by atoms with van der Waals surface area (Å²) < 4.78 is 0. The van der Waals surface area contributed by atoms with Gasteiger partial charge in [0.05, 0.1) is 12.5 Å². The van der Waals surface area contributed by atoms with Crippen LogP contribution in [0.3, 0.4) is 0 Å². The minimum absolute atomic E-state index is 0.0576. The first-order valence-electron chi connectivity index (χ1n) is 12.5. The Morgan fingerprint density at radius 3 is 2.00 bits per heavy atom. The molecule has 1 aromatic rings. The average Bonchev–Trinajstić information content (AvgIpc) is 2.86. The van der Waals surface area contributed by atoms with Crippen molar-refractivity contribution in [3.63, 3.8) is 0 Å². The monoisotopic (exact) mass is 537 g/mol. The normalized spacial score (nSPS) is 14.8. The molecule has 13 nitrogen and oxygen atoms in total. The highest BCUT2D eigenvalue weighted by molar-refractivity contribution is 5.95. The van der Waals surface area contributed by atoms with Gasteiger partial charge in [-0.15, -0.1) is 0 Å². The second-order valence-corrected chi connectivity index (χ2v) is 9.19. The maximum atomic E-state index is 13.1. The molecule has 13 heteroatoms. The number of carbonyl (C=O) groups is 5. The Bertz CT molecular complexity index is 956. The van der Waals surface area contributed by atoms with Crippen LogP contribution in [0.15, 0.2) is 24.3 Å². The number of unbranched alkanes of at least 4 members (excludes halogenated alkanes) is 1. The molecule has 0 aliphatic carbocycles. The quantitative estimate of drug-likeness (QED) is 0.118. The largest absolute Gasteiger partial charge is 0.508 e. The van der Waals surface area contributed by atoms with Gasteiger partial charge in [0.25, 0.3) is 0 Å². The van der Waals surface area contributed by atoms with Crippen LogP contribution in [-0.4, -0.2) is 75.7 Å². The molecule has 38 heavy (non-hydrogen) atoms. The lowest BCUT2D eigenvalue weighted by Crippen LogP contribution is -2.58. The van der Waals surface area contributed by atoms with Gasteiger partial charge in [-0.05, 0) is 55.8 Å². The van der Waals surface area contributed by atoms with E-state index in [0.29, 0.717) is 31.4 Å². The fraction of sp³-hybridized carbons (Fsp3) is 0.560. The van der Waals surface area contributed by atoms with Gasteiger partial charge in [-0.2, -0.15) is 0 Å². The molecule has 0 aliphatic heterocycles. The van der Waals surface area contributed by atoms with Crippen molar-refractivity contribution in [1.29, 1.82) is 0 Å². The Hall–Kier alpha value is -3.71. The Morgan fingerprint density at radius 1 is 0.895 bits per heavy atom. The number of phenols is 1. The van der Waals surface area contributed by atoms with Crippen LogP contribution in [0.4, 0.5) is 0 Å². The zero-order chi connectivity index (χ0) is 28.8. The average molecular weight is 538 g/mol. The van der Waals surface area contributed by atoms with E-state index in [9.17, 15) is 39.3 Å². The van der Waals surface area contributed by atoms with E-state index in [2.05, 4.69) is 16.0 Å². The summed E-state index contributed by atoms with van der Waals surface area (Å²) in [5.74, 6) is -5.50. The first-order valence-corrected chi connectivity index (χ1v) is 12.5. The van der Waals surface area contributed by atoms with E-state index in [1.807, 2.05) is 0 Å². The number of amides is 3. The summed E-state index contributed by atoms with van der Waals surface area (Å²) in [5.41, 5.74) is 12.2. The lowest BCUT2D eigenvalue weighted by molar-refractivity contribution is -0.144. The van der Waals surface area contributed by atoms with Crippen molar-refractivity contribution in [2.75, 3.05) is 6.54 Å². The minimum atomic E-state index is -1.58. The molecule has 10 N–H and O–H groups in total. The van der Waals surface area contributed by atoms with Gasteiger partial charge in [-0.3, -0.25) is 19.2 Å². The van der Waals surface area contributed by atoms with Gasteiger partial charge in [0.2, 0.25) is 17.7 Å². The molecule has 0 heterocycles. The third kappa shape index (κ3) is 11.1. The fourth-order valence-corrected chi connectivity index (χ4v) is 3.61. The zero-order valence-corrected chi connectivity index (χ0v) is 21.7. The third-order valence-corrected chi connectivity index (χ3v) is 6.10. The van der Waals surface area contributed by atoms with E-state index in [0.717, 1.165) is 0 Å². The molecular weight excluding hydrogens is 498 g/mol. The van der Waals surface area contributed by atoms with E-state index in [4.69, 9.17) is 11.5 Å². The van der Waals surface area contributed by atoms with Crippen LogP contribution in [0.5, 0.6) is 5.75 Å². The van der Waals surface area contributed by atoms with Gasteiger partial charge in [-0.25, -0.2) is 4.79 Å². The summed E-state index contributed by atoms with van der Waals surface area (Å²) in [5, 5.41) is 35.3. The van der Waals surface area contributed by atoms with Crippen LogP contribution in [0.25, 0.3) is 0 Å².